The molecule has 0 amide bonds. The molecule has 1 aromatic carbocycles. The zero-order chi connectivity index (χ0) is 22.3. The number of rotatable bonds is 8. The largest absolute Gasteiger partial charge is 0.357 e. The molecule has 0 unspecified atom stereocenters. The van der Waals surface area contributed by atoms with Crippen molar-refractivity contribution in [3.8, 4) is 0 Å². The lowest BCUT2D eigenvalue weighted by molar-refractivity contribution is -0.122. The number of carbonyl (C=O) groups excluding carboxylic acids is 1. The highest BCUT2D eigenvalue weighted by atomic mass is 35.5. The number of likely N-dealkylation sites (N-methyl/N-ethyl adjacent to an activating group) is 1. The smallest absolute Gasteiger partial charge is 0.141 e. The van der Waals surface area contributed by atoms with Crippen molar-refractivity contribution in [2.75, 3.05) is 13.1 Å². The number of fused-ring (bicyclic) bond motifs is 2. The van der Waals surface area contributed by atoms with E-state index in [0.717, 1.165) is 48.8 Å². The van der Waals surface area contributed by atoms with E-state index in [9.17, 15) is 4.79 Å². The third-order valence-electron chi connectivity index (χ3n) is 7.36. The van der Waals surface area contributed by atoms with Crippen molar-refractivity contribution in [1.29, 1.82) is 0 Å². The van der Waals surface area contributed by atoms with Crippen LogP contribution in [0.1, 0.15) is 70.2 Å². The SMILES string of the molecule is CCN1C[C@H](C(=O)CCC[C@@H](C)CC(C)C)C=C2c3ccc(Cl)c4[nH]c(C)c(c34)C[C@H]21. The van der Waals surface area contributed by atoms with Crippen LogP contribution in [-0.4, -0.2) is 34.8 Å². The van der Waals surface area contributed by atoms with E-state index in [1.54, 1.807) is 0 Å². The van der Waals surface area contributed by atoms with E-state index >= 15 is 0 Å². The van der Waals surface area contributed by atoms with Gasteiger partial charge in [0.2, 0.25) is 0 Å². The Bertz CT molecular complexity index is 1000. The van der Waals surface area contributed by atoms with Gasteiger partial charge >= 0.3 is 0 Å². The minimum atomic E-state index is -0.000998. The first-order chi connectivity index (χ1) is 14.8. The first-order valence-corrected chi connectivity index (χ1v) is 12.5. The van der Waals surface area contributed by atoms with Crippen molar-refractivity contribution in [3.05, 3.63) is 40.1 Å². The molecule has 0 saturated heterocycles. The summed E-state index contributed by atoms with van der Waals surface area (Å²) >= 11 is 6.50. The van der Waals surface area contributed by atoms with Crippen molar-refractivity contribution < 1.29 is 4.79 Å². The number of benzene rings is 1. The quantitative estimate of drug-likeness (QED) is 0.489. The average molecular weight is 441 g/mol. The number of ketones is 1. The lowest BCUT2D eigenvalue weighted by Gasteiger charge is -2.41. The molecule has 0 fully saturated rings. The topological polar surface area (TPSA) is 36.1 Å². The molecule has 2 aromatic rings. The predicted molar refractivity (Wildman–Crippen MR) is 132 cm³/mol. The Balaban J connectivity index is 1.58. The minimum absolute atomic E-state index is 0.000998. The van der Waals surface area contributed by atoms with Gasteiger partial charge in [0.1, 0.15) is 5.78 Å². The highest BCUT2D eigenvalue weighted by molar-refractivity contribution is 6.35. The van der Waals surface area contributed by atoms with Gasteiger partial charge < -0.3 is 4.98 Å². The van der Waals surface area contributed by atoms with Gasteiger partial charge in [-0.1, -0.05) is 57.9 Å². The highest BCUT2D eigenvalue weighted by Crippen LogP contribution is 2.44. The number of Topliss-reactive ketones (excluding diaryl/α,β-unsaturated/α-hetero) is 1. The van der Waals surface area contributed by atoms with Crippen LogP contribution in [0.2, 0.25) is 5.02 Å². The van der Waals surface area contributed by atoms with Crippen LogP contribution in [0.15, 0.2) is 18.2 Å². The van der Waals surface area contributed by atoms with Crippen molar-refractivity contribution in [2.24, 2.45) is 17.8 Å². The van der Waals surface area contributed by atoms with Crippen molar-refractivity contribution >= 4 is 33.9 Å². The Morgan fingerprint density at radius 2 is 2.06 bits per heavy atom. The third-order valence-corrected chi connectivity index (χ3v) is 7.67. The standard InChI is InChI=1S/C27H37ClN2O/c1-6-30-15-19(25(31)9-7-8-17(4)12-16(2)3)13-22-20-10-11-23(28)27-26(20)21(14-24(22)30)18(5)29-27/h10-11,13,16-17,19,24,29H,6-9,12,14-15H2,1-5H3/t17-,19-,24-/m1/s1. The molecule has 3 atom stereocenters. The number of carbonyl (C=O) groups is 1. The van der Waals surface area contributed by atoms with Gasteiger partial charge in [0.25, 0.3) is 0 Å². The maximum atomic E-state index is 13.2. The maximum absolute atomic E-state index is 13.2. The maximum Gasteiger partial charge on any atom is 0.141 e. The molecule has 4 rings (SSSR count). The number of nitrogens with zero attached hydrogens (tertiary/aromatic N) is 1. The molecule has 0 saturated carbocycles. The van der Waals surface area contributed by atoms with Crippen molar-refractivity contribution in [3.63, 3.8) is 0 Å². The number of aryl methyl sites for hydroxylation is 1. The van der Waals surface area contributed by atoms with Gasteiger partial charge in [-0.05, 0) is 67.3 Å². The van der Waals surface area contributed by atoms with Gasteiger partial charge in [0, 0.05) is 36.0 Å². The Kier molecular flexibility index (Phi) is 6.65. The van der Waals surface area contributed by atoms with Gasteiger partial charge in [-0.25, -0.2) is 0 Å². The molecule has 1 N–H and O–H groups in total. The number of aromatic nitrogens is 1. The van der Waals surface area contributed by atoms with Crippen LogP contribution in [0, 0.1) is 24.7 Å². The fraction of sp³-hybridized carbons (Fsp3) is 0.593. The molecule has 2 heterocycles. The first-order valence-electron chi connectivity index (χ1n) is 12.1. The number of hydrogen-bond acceptors (Lipinski definition) is 2. The lowest BCUT2D eigenvalue weighted by Crippen LogP contribution is -2.46. The van der Waals surface area contributed by atoms with Gasteiger partial charge in [0.15, 0.2) is 0 Å². The van der Waals surface area contributed by atoms with Gasteiger partial charge in [-0.3, -0.25) is 9.69 Å². The molecule has 0 radical (unpaired) electrons. The second-order valence-electron chi connectivity index (χ2n) is 10.2. The Labute approximate surface area is 192 Å². The molecule has 3 nitrogen and oxygen atoms in total. The van der Waals surface area contributed by atoms with Crippen LogP contribution in [0.25, 0.3) is 16.5 Å². The zero-order valence-electron chi connectivity index (χ0n) is 19.7. The molecule has 4 heteroatoms. The summed E-state index contributed by atoms with van der Waals surface area (Å²) < 4.78 is 0. The molecule has 1 aliphatic heterocycles. The fourth-order valence-corrected chi connectivity index (χ4v) is 6.10. The summed E-state index contributed by atoms with van der Waals surface area (Å²) in [5.74, 6) is 1.83. The molecule has 0 bridgehead atoms. The van der Waals surface area contributed by atoms with Crippen LogP contribution in [0.4, 0.5) is 0 Å². The van der Waals surface area contributed by atoms with Crippen LogP contribution < -0.4 is 0 Å². The Hall–Kier alpha value is -1.58. The van der Waals surface area contributed by atoms with Gasteiger partial charge in [-0.15, -0.1) is 0 Å². The molecular formula is C27H37ClN2O. The summed E-state index contributed by atoms with van der Waals surface area (Å²) in [6, 6.07) is 4.51. The van der Waals surface area contributed by atoms with E-state index in [4.69, 9.17) is 11.6 Å². The molecular weight excluding hydrogens is 404 g/mol. The van der Waals surface area contributed by atoms with Crippen molar-refractivity contribution in [2.45, 2.75) is 72.8 Å². The van der Waals surface area contributed by atoms with E-state index in [1.807, 2.05) is 6.07 Å². The van der Waals surface area contributed by atoms with E-state index in [1.165, 1.54) is 34.2 Å². The Morgan fingerprint density at radius 3 is 2.77 bits per heavy atom. The first kappa shape index (κ1) is 22.6. The van der Waals surface area contributed by atoms with Crippen LogP contribution in [0.5, 0.6) is 0 Å². The molecule has 0 spiro atoms. The molecule has 1 aliphatic carbocycles. The van der Waals surface area contributed by atoms with E-state index in [0.29, 0.717) is 24.2 Å². The fourth-order valence-electron chi connectivity index (χ4n) is 5.89. The normalized spacial score (nSPS) is 22.0. The molecule has 168 valence electrons. The number of halogens is 1. The summed E-state index contributed by atoms with van der Waals surface area (Å²) in [6.07, 6.45) is 7.39. The summed E-state index contributed by atoms with van der Waals surface area (Å²) in [7, 11) is 0. The average Bonchev–Trinajstić information content (AvgIpc) is 3.06. The van der Waals surface area contributed by atoms with E-state index in [-0.39, 0.29) is 5.92 Å². The minimum Gasteiger partial charge on any atom is -0.357 e. The second kappa shape index (κ2) is 9.11. The number of H-pyrrole nitrogens is 1. The van der Waals surface area contributed by atoms with Crippen LogP contribution in [-0.2, 0) is 11.2 Å². The van der Waals surface area contributed by atoms with Crippen molar-refractivity contribution in [1.82, 2.24) is 9.88 Å². The van der Waals surface area contributed by atoms with E-state index < -0.39 is 0 Å². The van der Waals surface area contributed by atoms with Crippen LogP contribution in [0.3, 0.4) is 0 Å². The Morgan fingerprint density at radius 1 is 1.29 bits per heavy atom. The highest BCUT2D eigenvalue weighted by Gasteiger charge is 2.37. The third kappa shape index (κ3) is 4.36. The van der Waals surface area contributed by atoms with Gasteiger partial charge in [0.05, 0.1) is 10.5 Å². The van der Waals surface area contributed by atoms with Gasteiger partial charge in [-0.2, -0.15) is 0 Å². The number of hydrogen-bond donors (Lipinski definition) is 1. The predicted octanol–water partition coefficient (Wildman–Crippen LogP) is 6.81. The van der Waals surface area contributed by atoms with E-state index in [2.05, 4.69) is 56.6 Å². The summed E-state index contributed by atoms with van der Waals surface area (Å²) in [4.78, 5) is 19.2. The molecule has 31 heavy (non-hydrogen) atoms. The summed E-state index contributed by atoms with van der Waals surface area (Å²) in [5.41, 5.74) is 6.23. The molecule has 1 aromatic heterocycles. The summed E-state index contributed by atoms with van der Waals surface area (Å²) in [5, 5.41) is 2.04. The number of nitrogens with one attached hydrogen (secondary N) is 1. The monoisotopic (exact) mass is 440 g/mol. The summed E-state index contributed by atoms with van der Waals surface area (Å²) in [6.45, 7) is 13.1. The lowest BCUT2D eigenvalue weighted by atomic mass is 9.78. The number of aromatic amines is 1. The van der Waals surface area contributed by atoms with Crippen LogP contribution >= 0.6 is 11.6 Å². The molecule has 2 aliphatic rings. The zero-order valence-corrected chi connectivity index (χ0v) is 20.5. The second-order valence-corrected chi connectivity index (χ2v) is 10.6.